The lowest BCUT2D eigenvalue weighted by Crippen LogP contribution is -2.36. The van der Waals surface area contributed by atoms with Gasteiger partial charge in [0.15, 0.2) is 0 Å². The van der Waals surface area contributed by atoms with Crippen LogP contribution in [0.4, 0.5) is 11.4 Å². The van der Waals surface area contributed by atoms with Crippen LogP contribution in [0.25, 0.3) is 0 Å². The Morgan fingerprint density at radius 3 is 2.58 bits per heavy atom. The van der Waals surface area contributed by atoms with Crippen LogP contribution in [-0.4, -0.2) is 37.9 Å². The predicted octanol–water partition coefficient (Wildman–Crippen LogP) is 2.31. The standard InChI is InChI=1S/C19H27N3O4/c1-19(2,3)18(25)20-10-9-16(23)21-13-7-8-14(15(12-13)26-4)22-11-5-6-17(22)24/h7-8,12H,5-6,9-11H2,1-4H3,(H,20,25)(H,21,23). The minimum absolute atomic E-state index is 0.0784. The van der Waals surface area contributed by atoms with E-state index in [-0.39, 0.29) is 30.7 Å². The maximum absolute atomic E-state index is 12.1. The number of rotatable bonds is 6. The molecular weight excluding hydrogens is 334 g/mol. The third kappa shape index (κ3) is 4.97. The highest BCUT2D eigenvalue weighted by Crippen LogP contribution is 2.33. The van der Waals surface area contributed by atoms with Crippen molar-refractivity contribution in [3.8, 4) is 5.75 Å². The molecule has 0 radical (unpaired) electrons. The molecule has 2 rings (SSSR count). The first-order valence-electron chi connectivity index (χ1n) is 8.79. The van der Waals surface area contributed by atoms with Gasteiger partial charge in [0, 0.05) is 43.1 Å². The number of nitrogens with zero attached hydrogens (tertiary/aromatic N) is 1. The van der Waals surface area contributed by atoms with Gasteiger partial charge in [-0.15, -0.1) is 0 Å². The first-order valence-corrected chi connectivity index (χ1v) is 8.79. The Balaban J connectivity index is 1.94. The van der Waals surface area contributed by atoms with Crippen molar-refractivity contribution in [2.24, 2.45) is 5.41 Å². The minimum atomic E-state index is -0.479. The third-order valence-electron chi connectivity index (χ3n) is 4.15. The highest BCUT2D eigenvalue weighted by Gasteiger charge is 2.24. The highest BCUT2D eigenvalue weighted by atomic mass is 16.5. The SMILES string of the molecule is COc1cc(NC(=O)CCNC(=O)C(C)(C)C)ccc1N1CCCC1=O. The number of ether oxygens (including phenoxy) is 1. The van der Waals surface area contributed by atoms with Gasteiger partial charge in [0.05, 0.1) is 12.8 Å². The molecule has 0 unspecified atom stereocenters. The fraction of sp³-hybridized carbons (Fsp3) is 0.526. The fourth-order valence-corrected chi connectivity index (χ4v) is 2.66. The van der Waals surface area contributed by atoms with Crippen molar-refractivity contribution in [2.45, 2.75) is 40.0 Å². The Labute approximate surface area is 154 Å². The lowest BCUT2D eigenvalue weighted by atomic mass is 9.96. The summed E-state index contributed by atoms with van der Waals surface area (Å²) >= 11 is 0. The van der Waals surface area contributed by atoms with Gasteiger partial charge in [-0.2, -0.15) is 0 Å². The van der Waals surface area contributed by atoms with Gasteiger partial charge in [0.25, 0.3) is 0 Å². The molecule has 1 heterocycles. The second-order valence-corrected chi connectivity index (χ2v) is 7.34. The Kier molecular flexibility index (Phi) is 6.23. The van der Waals surface area contributed by atoms with Crippen molar-refractivity contribution >= 4 is 29.1 Å². The van der Waals surface area contributed by atoms with Gasteiger partial charge in [-0.3, -0.25) is 14.4 Å². The van der Waals surface area contributed by atoms with E-state index in [1.54, 1.807) is 23.1 Å². The summed E-state index contributed by atoms with van der Waals surface area (Å²) in [5.41, 5.74) is 0.821. The van der Waals surface area contributed by atoms with E-state index < -0.39 is 5.41 Å². The highest BCUT2D eigenvalue weighted by molar-refractivity contribution is 5.98. The zero-order valence-corrected chi connectivity index (χ0v) is 15.8. The quantitative estimate of drug-likeness (QED) is 0.814. The normalized spacial score (nSPS) is 14.3. The second kappa shape index (κ2) is 8.21. The smallest absolute Gasteiger partial charge is 0.227 e. The number of benzene rings is 1. The second-order valence-electron chi connectivity index (χ2n) is 7.34. The average Bonchev–Trinajstić information content (AvgIpc) is 2.99. The van der Waals surface area contributed by atoms with Gasteiger partial charge in [0.1, 0.15) is 5.75 Å². The molecule has 0 spiro atoms. The summed E-state index contributed by atoms with van der Waals surface area (Å²) in [5, 5.41) is 5.53. The lowest BCUT2D eigenvalue weighted by molar-refractivity contribution is -0.128. The molecule has 7 nitrogen and oxygen atoms in total. The van der Waals surface area contributed by atoms with Gasteiger partial charge >= 0.3 is 0 Å². The summed E-state index contributed by atoms with van der Waals surface area (Å²) in [6.07, 6.45) is 1.55. The summed E-state index contributed by atoms with van der Waals surface area (Å²) in [4.78, 5) is 37.5. The summed E-state index contributed by atoms with van der Waals surface area (Å²) in [5.74, 6) is 0.326. The molecule has 0 bridgehead atoms. The Morgan fingerprint density at radius 1 is 1.27 bits per heavy atom. The van der Waals surface area contributed by atoms with Gasteiger partial charge in [-0.25, -0.2) is 0 Å². The molecule has 0 atom stereocenters. The molecule has 1 aromatic rings. The van der Waals surface area contributed by atoms with Crippen LogP contribution in [0.5, 0.6) is 5.75 Å². The molecule has 1 aliphatic rings. The minimum Gasteiger partial charge on any atom is -0.494 e. The molecule has 26 heavy (non-hydrogen) atoms. The summed E-state index contributed by atoms with van der Waals surface area (Å²) < 4.78 is 5.38. The molecule has 1 aromatic carbocycles. The Morgan fingerprint density at radius 2 is 2.00 bits per heavy atom. The van der Waals surface area contributed by atoms with Gasteiger partial charge in [0.2, 0.25) is 17.7 Å². The van der Waals surface area contributed by atoms with Crippen molar-refractivity contribution in [1.82, 2.24) is 5.32 Å². The van der Waals surface area contributed by atoms with E-state index in [1.165, 1.54) is 7.11 Å². The van der Waals surface area contributed by atoms with Crippen LogP contribution >= 0.6 is 0 Å². The van der Waals surface area contributed by atoms with Crippen molar-refractivity contribution in [3.05, 3.63) is 18.2 Å². The monoisotopic (exact) mass is 361 g/mol. The predicted molar refractivity (Wildman–Crippen MR) is 100 cm³/mol. The van der Waals surface area contributed by atoms with E-state index in [1.807, 2.05) is 20.8 Å². The largest absolute Gasteiger partial charge is 0.494 e. The maximum atomic E-state index is 12.1. The lowest BCUT2D eigenvalue weighted by Gasteiger charge is -2.20. The molecule has 1 saturated heterocycles. The van der Waals surface area contributed by atoms with E-state index in [2.05, 4.69) is 10.6 Å². The number of carbonyl (C=O) groups excluding carboxylic acids is 3. The number of amides is 3. The van der Waals surface area contributed by atoms with E-state index >= 15 is 0 Å². The summed E-state index contributed by atoms with van der Waals surface area (Å²) in [6, 6.07) is 5.22. The van der Waals surface area contributed by atoms with Crippen LogP contribution in [0.3, 0.4) is 0 Å². The average molecular weight is 361 g/mol. The van der Waals surface area contributed by atoms with Crippen LogP contribution in [-0.2, 0) is 14.4 Å². The van der Waals surface area contributed by atoms with Gasteiger partial charge in [-0.05, 0) is 18.6 Å². The molecular formula is C19H27N3O4. The number of hydrogen-bond acceptors (Lipinski definition) is 4. The first kappa shape index (κ1) is 19.8. The van der Waals surface area contributed by atoms with E-state index in [0.29, 0.717) is 30.1 Å². The van der Waals surface area contributed by atoms with Crippen molar-refractivity contribution in [2.75, 3.05) is 30.4 Å². The Bertz CT molecular complexity index is 695. The van der Waals surface area contributed by atoms with Crippen molar-refractivity contribution in [3.63, 3.8) is 0 Å². The summed E-state index contributed by atoms with van der Waals surface area (Å²) in [6.45, 7) is 6.41. The summed E-state index contributed by atoms with van der Waals surface area (Å²) in [7, 11) is 1.53. The number of hydrogen-bond donors (Lipinski definition) is 2. The molecule has 1 fully saturated rings. The molecule has 1 aliphatic heterocycles. The van der Waals surface area contributed by atoms with Crippen LogP contribution in [0.1, 0.15) is 40.0 Å². The van der Waals surface area contributed by atoms with Gasteiger partial charge in [-0.1, -0.05) is 20.8 Å². The third-order valence-corrected chi connectivity index (χ3v) is 4.15. The number of methoxy groups -OCH3 is 1. The van der Waals surface area contributed by atoms with E-state index in [4.69, 9.17) is 4.74 Å². The van der Waals surface area contributed by atoms with Crippen molar-refractivity contribution in [1.29, 1.82) is 0 Å². The topological polar surface area (TPSA) is 87.7 Å². The molecule has 3 amide bonds. The van der Waals surface area contributed by atoms with Crippen molar-refractivity contribution < 1.29 is 19.1 Å². The molecule has 0 aromatic heterocycles. The zero-order valence-electron chi connectivity index (χ0n) is 15.8. The van der Waals surface area contributed by atoms with Crippen LogP contribution < -0.4 is 20.3 Å². The number of carbonyl (C=O) groups is 3. The van der Waals surface area contributed by atoms with E-state index in [0.717, 1.165) is 6.42 Å². The van der Waals surface area contributed by atoms with E-state index in [9.17, 15) is 14.4 Å². The van der Waals surface area contributed by atoms with Gasteiger partial charge < -0.3 is 20.3 Å². The van der Waals surface area contributed by atoms with Crippen LogP contribution in [0.15, 0.2) is 18.2 Å². The first-order chi connectivity index (χ1) is 12.2. The molecule has 2 N–H and O–H groups in total. The molecule has 7 heteroatoms. The number of anilines is 2. The van der Waals surface area contributed by atoms with Crippen LogP contribution in [0.2, 0.25) is 0 Å². The maximum Gasteiger partial charge on any atom is 0.227 e. The van der Waals surface area contributed by atoms with Crippen LogP contribution in [0, 0.1) is 5.41 Å². The fourth-order valence-electron chi connectivity index (χ4n) is 2.66. The number of nitrogens with one attached hydrogen (secondary N) is 2. The Hall–Kier alpha value is -2.57. The molecule has 142 valence electrons. The zero-order chi connectivity index (χ0) is 19.3. The molecule has 0 aliphatic carbocycles. The molecule has 0 saturated carbocycles.